The van der Waals surface area contributed by atoms with E-state index in [1.54, 1.807) is 0 Å². The Hall–Kier alpha value is -0.131. The molecule has 1 heterocycles. The topological polar surface area (TPSA) is 43.6 Å². The average Bonchev–Trinajstić information content (AvgIpc) is 2.97. The summed E-state index contributed by atoms with van der Waals surface area (Å²) in [6.45, 7) is 11.2. The van der Waals surface area contributed by atoms with Gasteiger partial charge in [-0.1, -0.05) is 0 Å². The molecule has 1 rings (SSSR count). The Morgan fingerprint density at radius 1 is 0.905 bits per heavy atom. The predicted octanol–water partition coefficient (Wildman–Crippen LogP) is 4.31. The summed E-state index contributed by atoms with van der Waals surface area (Å²) in [6.07, 6.45) is 7.90. The second-order valence-corrected chi connectivity index (χ2v) is 19.5. The van der Waals surface area contributed by atoms with Crippen LogP contribution in [0.1, 0.15) is 79.2 Å². The van der Waals surface area contributed by atoms with Crippen LogP contribution in [0.3, 0.4) is 0 Å². The van der Waals surface area contributed by atoms with E-state index in [0.29, 0.717) is 6.04 Å². The first-order chi connectivity index (χ1) is 10.1. The second kappa shape index (κ2) is 9.80. The van der Waals surface area contributed by atoms with Crippen LogP contribution in [0, 0.1) is 0 Å². The summed E-state index contributed by atoms with van der Waals surface area (Å²) in [6, 6.07) is 0.318. The van der Waals surface area contributed by atoms with Gasteiger partial charge in [0.15, 0.2) is 0 Å². The zero-order chi connectivity index (χ0) is 15.7. The molecule has 0 aliphatic carbocycles. The molecule has 4 nitrogen and oxygen atoms in total. The molecular formula is C16H34N4Sn. The molecule has 1 aromatic rings. The van der Waals surface area contributed by atoms with E-state index in [-0.39, 0.29) is 0 Å². The maximum absolute atomic E-state index is 4.83. The van der Waals surface area contributed by atoms with Crippen molar-refractivity contribution in [2.24, 2.45) is 0 Å². The van der Waals surface area contributed by atoms with E-state index in [1.165, 1.54) is 55.7 Å². The van der Waals surface area contributed by atoms with Crippen LogP contribution in [0.15, 0.2) is 0 Å². The molecule has 0 atom stereocenters. The van der Waals surface area contributed by atoms with Crippen LogP contribution in [0.4, 0.5) is 0 Å². The molecule has 0 fully saturated rings. The minimum absolute atomic E-state index is 0.318. The molecule has 0 N–H and O–H groups in total. The van der Waals surface area contributed by atoms with E-state index in [1.807, 2.05) is 4.80 Å². The van der Waals surface area contributed by atoms with Crippen molar-refractivity contribution >= 4 is 22.2 Å². The van der Waals surface area contributed by atoms with Crippen molar-refractivity contribution in [1.29, 1.82) is 0 Å². The van der Waals surface area contributed by atoms with Crippen LogP contribution >= 0.6 is 0 Å². The maximum atomic E-state index is 4.83. The number of nitrogens with zero attached hydrogens (tertiary/aromatic N) is 4. The Bertz CT molecular complexity index is 368. The first-order valence-electron chi connectivity index (χ1n) is 8.89. The Balaban J connectivity index is 3.03. The van der Waals surface area contributed by atoms with Gasteiger partial charge in [-0.3, -0.25) is 0 Å². The summed E-state index contributed by atoms with van der Waals surface area (Å²) in [5.74, 6) is 0. The Labute approximate surface area is 135 Å². The molecule has 5 heteroatoms. The number of hydrogen-bond donors (Lipinski definition) is 0. The molecule has 21 heavy (non-hydrogen) atoms. The number of unbranched alkanes of at least 4 members (excludes halogenated alkanes) is 3. The molecule has 0 saturated carbocycles. The SMILES string of the molecule is CCC[CH2][Sn]([CH2]CCC)([CH2]CCC)[c]1nnn(C(C)C)n1. The predicted molar refractivity (Wildman–Crippen MR) is 92.7 cm³/mol. The van der Waals surface area contributed by atoms with Crippen molar-refractivity contribution in [1.82, 2.24) is 20.2 Å². The molecular weight excluding hydrogens is 367 g/mol. The van der Waals surface area contributed by atoms with E-state index < -0.39 is 18.4 Å². The summed E-state index contributed by atoms with van der Waals surface area (Å²) >= 11 is -2.44. The third-order valence-electron chi connectivity index (χ3n) is 4.39. The number of aromatic nitrogens is 4. The molecule has 0 radical (unpaired) electrons. The van der Waals surface area contributed by atoms with E-state index in [0.717, 1.165) is 0 Å². The fraction of sp³-hybridized carbons (Fsp3) is 0.938. The van der Waals surface area contributed by atoms with Crippen LogP contribution in [0.25, 0.3) is 0 Å². The van der Waals surface area contributed by atoms with Crippen molar-refractivity contribution in [2.45, 2.75) is 92.5 Å². The average molecular weight is 401 g/mol. The molecule has 0 unspecified atom stereocenters. The molecule has 0 spiro atoms. The van der Waals surface area contributed by atoms with Gasteiger partial charge in [-0.15, -0.1) is 0 Å². The monoisotopic (exact) mass is 402 g/mol. The van der Waals surface area contributed by atoms with Crippen LogP contribution in [-0.4, -0.2) is 38.6 Å². The summed E-state index contributed by atoms with van der Waals surface area (Å²) in [7, 11) is 0. The summed E-state index contributed by atoms with van der Waals surface area (Å²) < 4.78 is 5.44. The zero-order valence-corrected chi connectivity index (χ0v) is 17.6. The van der Waals surface area contributed by atoms with Gasteiger partial charge in [-0.2, -0.15) is 0 Å². The fourth-order valence-electron chi connectivity index (χ4n) is 2.91. The van der Waals surface area contributed by atoms with Crippen molar-refractivity contribution in [2.75, 3.05) is 0 Å². The van der Waals surface area contributed by atoms with Crippen molar-refractivity contribution in [3.8, 4) is 0 Å². The molecule has 0 amide bonds. The van der Waals surface area contributed by atoms with E-state index in [4.69, 9.17) is 5.10 Å². The Morgan fingerprint density at radius 2 is 1.38 bits per heavy atom. The van der Waals surface area contributed by atoms with Gasteiger partial charge >= 0.3 is 135 Å². The van der Waals surface area contributed by atoms with Gasteiger partial charge in [-0.25, -0.2) is 0 Å². The van der Waals surface area contributed by atoms with E-state index >= 15 is 0 Å². The number of rotatable bonds is 11. The van der Waals surface area contributed by atoms with Crippen LogP contribution in [-0.2, 0) is 0 Å². The molecule has 0 saturated heterocycles. The molecule has 0 aromatic carbocycles. The molecule has 1 aromatic heterocycles. The first-order valence-corrected chi connectivity index (χ1v) is 16.4. The van der Waals surface area contributed by atoms with Gasteiger partial charge < -0.3 is 0 Å². The Kier molecular flexibility index (Phi) is 8.83. The number of tetrazole rings is 1. The zero-order valence-electron chi connectivity index (χ0n) is 14.7. The number of hydrogen-bond acceptors (Lipinski definition) is 3. The van der Waals surface area contributed by atoms with Crippen molar-refractivity contribution in [3.63, 3.8) is 0 Å². The quantitative estimate of drug-likeness (QED) is 0.519. The van der Waals surface area contributed by atoms with E-state index in [9.17, 15) is 0 Å². The van der Waals surface area contributed by atoms with Gasteiger partial charge in [0.25, 0.3) is 0 Å². The Morgan fingerprint density at radius 3 is 1.71 bits per heavy atom. The van der Waals surface area contributed by atoms with Gasteiger partial charge in [0.05, 0.1) is 0 Å². The molecule has 0 aliphatic rings. The summed E-state index contributed by atoms with van der Waals surface area (Å²) in [4.78, 5) is 1.82. The van der Waals surface area contributed by atoms with Gasteiger partial charge in [-0.05, 0) is 0 Å². The van der Waals surface area contributed by atoms with Gasteiger partial charge in [0.2, 0.25) is 0 Å². The first kappa shape index (κ1) is 18.9. The fourth-order valence-corrected chi connectivity index (χ4v) is 17.4. The molecule has 0 aliphatic heterocycles. The van der Waals surface area contributed by atoms with E-state index in [2.05, 4.69) is 44.9 Å². The molecule has 122 valence electrons. The molecule has 0 bridgehead atoms. The van der Waals surface area contributed by atoms with Crippen LogP contribution < -0.4 is 3.84 Å². The van der Waals surface area contributed by atoms with Crippen LogP contribution in [0.2, 0.25) is 13.3 Å². The normalized spacial score (nSPS) is 12.3. The standard InChI is InChI=1S/C4H7N4.3C4H9.Sn/c1-4(2)8-6-3-5-7-8;3*1-3-4-2;/h4H,1-2H3;3*1,3-4H2,2H3;. The van der Waals surface area contributed by atoms with Crippen molar-refractivity contribution < 1.29 is 0 Å². The summed E-state index contributed by atoms with van der Waals surface area (Å²) in [5, 5.41) is 13.7. The third kappa shape index (κ3) is 5.53. The summed E-state index contributed by atoms with van der Waals surface area (Å²) in [5.41, 5.74) is 0. The van der Waals surface area contributed by atoms with Crippen molar-refractivity contribution in [3.05, 3.63) is 0 Å². The van der Waals surface area contributed by atoms with Gasteiger partial charge in [0, 0.05) is 0 Å². The second-order valence-electron chi connectivity index (χ2n) is 6.62. The minimum atomic E-state index is -2.44. The van der Waals surface area contributed by atoms with Crippen LogP contribution in [0.5, 0.6) is 0 Å². The third-order valence-corrected chi connectivity index (χ3v) is 18.9. The van der Waals surface area contributed by atoms with Gasteiger partial charge in [0.1, 0.15) is 0 Å².